The van der Waals surface area contributed by atoms with E-state index < -0.39 is 23.4 Å². The highest BCUT2D eigenvalue weighted by molar-refractivity contribution is 6.21. The molecular weight excluding hydrogens is 272 g/mol. The van der Waals surface area contributed by atoms with Crippen LogP contribution in [-0.4, -0.2) is 21.8 Å². The second-order valence-electron chi connectivity index (χ2n) is 5.32. The Labute approximate surface area is 120 Å². The second kappa shape index (κ2) is 4.12. The average Bonchev–Trinajstić information content (AvgIpc) is 2.42. The first-order chi connectivity index (χ1) is 9.84. The molecule has 0 fully saturated rings. The third-order valence-corrected chi connectivity index (χ3v) is 4.04. The van der Waals surface area contributed by atoms with E-state index in [0.29, 0.717) is 5.56 Å². The van der Waals surface area contributed by atoms with Crippen molar-refractivity contribution in [2.24, 2.45) is 17.6 Å². The molecule has 0 aromatic heterocycles. The van der Waals surface area contributed by atoms with E-state index in [4.69, 9.17) is 11.5 Å². The van der Waals surface area contributed by atoms with Crippen molar-refractivity contribution >= 4 is 17.3 Å². The number of phenols is 1. The summed E-state index contributed by atoms with van der Waals surface area (Å²) in [5.41, 5.74) is 12.2. The van der Waals surface area contributed by atoms with E-state index >= 15 is 0 Å². The fraction of sp³-hybridized carbons (Fsp3) is 0.200. The Bertz CT molecular complexity index is 761. The Morgan fingerprint density at radius 1 is 1.00 bits per heavy atom. The number of carbonyl (C=O) groups excluding carboxylic acids is 2. The van der Waals surface area contributed by atoms with Gasteiger partial charge in [0.15, 0.2) is 11.6 Å². The van der Waals surface area contributed by atoms with Gasteiger partial charge in [-0.25, -0.2) is 0 Å². The fourth-order valence-corrected chi connectivity index (χ4v) is 2.99. The van der Waals surface area contributed by atoms with Crippen LogP contribution in [0.1, 0.15) is 26.3 Å². The monoisotopic (exact) mass is 286 g/mol. The number of ketones is 2. The highest BCUT2D eigenvalue weighted by Gasteiger charge is 2.48. The van der Waals surface area contributed by atoms with Crippen molar-refractivity contribution < 1.29 is 19.8 Å². The van der Waals surface area contributed by atoms with Crippen molar-refractivity contribution in [3.8, 4) is 5.75 Å². The molecule has 1 aromatic rings. The highest BCUT2D eigenvalue weighted by atomic mass is 16.3. The van der Waals surface area contributed by atoms with Crippen LogP contribution in [0.25, 0.3) is 0 Å². The molecule has 2 aliphatic rings. The number of aliphatic hydroxyl groups excluding tert-OH is 1. The largest absolute Gasteiger partial charge is 0.512 e. The number of nitrogens with two attached hydrogens (primary N) is 2. The smallest absolute Gasteiger partial charge is 0.177 e. The Balaban J connectivity index is 2.34. The van der Waals surface area contributed by atoms with Gasteiger partial charge >= 0.3 is 0 Å². The molecule has 0 radical (unpaired) electrons. The predicted molar refractivity (Wildman–Crippen MR) is 75.9 cm³/mol. The summed E-state index contributed by atoms with van der Waals surface area (Å²) in [6.45, 7) is 1.59. The number of allylic oxidation sites excluding steroid dienone is 4. The van der Waals surface area contributed by atoms with Gasteiger partial charge in [-0.15, -0.1) is 0 Å². The number of nitrogen functional groups attached to an aromatic ring is 1. The SMILES string of the molecule is Cc1cc(N)c2c(c1O)C(=O)C1C(N)=CC=C(O)C1C2=O. The molecule has 0 aliphatic heterocycles. The Hall–Kier alpha value is -2.76. The van der Waals surface area contributed by atoms with Crippen LogP contribution in [0, 0.1) is 18.8 Å². The van der Waals surface area contributed by atoms with Crippen LogP contribution >= 0.6 is 0 Å². The van der Waals surface area contributed by atoms with Crippen LogP contribution < -0.4 is 11.5 Å². The number of hydrogen-bond acceptors (Lipinski definition) is 6. The molecule has 3 rings (SSSR count). The van der Waals surface area contributed by atoms with Crippen LogP contribution in [0.4, 0.5) is 5.69 Å². The summed E-state index contributed by atoms with van der Waals surface area (Å²) in [6, 6.07) is 1.43. The molecule has 21 heavy (non-hydrogen) atoms. The molecule has 2 unspecified atom stereocenters. The summed E-state index contributed by atoms with van der Waals surface area (Å²) in [5, 5.41) is 20.1. The molecular formula is C15H14N2O4. The van der Waals surface area contributed by atoms with Gasteiger partial charge in [-0.05, 0) is 30.7 Å². The summed E-state index contributed by atoms with van der Waals surface area (Å²) in [4.78, 5) is 25.3. The van der Waals surface area contributed by atoms with Crippen molar-refractivity contribution in [2.45, 2.75) is 6.92 Å². The van der Waals surface area contributed by atoms with Gasteiger partial charge in [-0.1, -0.05) is 0 Å². The molecule has 6 nitrogen and oxygen atoms in total. The zero-order valence-corrected chi connectivity index (χ0v) is 11.3. The van der Waals surface area contributed by atoms with Crippen molar-refractivity contribution in [2.75, 3.05) is 5.73 Å². The molecule has 2 aliphatic carbocycles. The van der Waals surface area contributed by atoms with E-state index in [1.165, 1.54) is 18.2 Å². The van der Waals surface area contributed by atoms with Gasteiger partial charge in [0.25, 0.3) is 0 Å². The minimum absolute atomic E-state index is 0.0426. The molecule has 0 heterocycles. The first kappa shape index (κ1) is 13.2. The minimum atomic E-state index is -1.07. The van der Waals surface area contributed by atoms with Crippen LogP contribution in [0.3, 0.4) is 0 Å². The van der Waals surface area contributed by atoms with Gasteiger partial charge in [-0.2, -0.15) is 0 Å². The van der Waals surface area contributed by atoms with E-state index in [2.05, 4.69) is 0 Å². The van der Waals surface area contributed by atoms with Crippen molar-refractivity contribution in [1.29, 1.82) is 0 Å². The van der Waals surface area contributed by atoms with Crippen LogP contribution in [0.2, 0.25) is 0 Å². The summed E-state index contributed by atoms with van der Waals surface area (Å²) < 4.78 is 0. The van der Waals surface area contributed by atoms with Crippen molar-refractivity contribution in [3.05, 3.63) is 46.4 Å². The second-order valence-corrected chi connectivity index (χ2v) is 5.32. The Kier molecular flexibility index (Phi) is 2.59. The molecule has 6 heteroatoms. The summed E-state index contributed by atoms with van der Waals surface area (Å²) >= 11 is 0. The normalized spacial score (nSPS) is 24.0. The van der Waals surface area contributed by atoms with Crippen LogP contribution in [0.15, 0.2) is 29.7 Å². The molecule has 0 spiro atoms. The van der Waals surface area contributed by atoms with Crippen molar-refractivity contribution in [1.82, 2.24) is 0 Å². The van der Waals surface area contributed by atoms with E-state index in [1.54, 1.807) is 6.92 Å². The lowest BCUT2D eigenvalue weighted by atomic mass is 9.69. The lowest BCUT2D eigenvalue weighted by molar-refractivity contribution is 0.0746. The molecule has 0 saturated carbocycles. The fourth-order valence-electron chi connectivity index (χ4n) is 2.99. The van der Waals surface area contributed by atoms with E-state index in [1.807, 2.05) is 0 Å². The predicted octanol–water partition coefficient (Wildman–Crippen LogP) is 1.19. The number of benzene rings is 1. The Morgan fingerprint density at radius 3 is 2.29 bits per heavy atom. The maximum atomic E-state index is 12.7. The minimum Gasteiger partial charge on any atom is -0.512 e. The lowest BCUT2D eigenvalue weighted by Crippen LogP contribution is -2.42. The third-order valence-electron chi connectivity index (χ3n) is 4.04. The van der Waals surface area contributed by atoms with Crippen LogP contribution in [-0.2, 0) is 0 Å². The van der Waals surface area contributed by atoms with Gasteiger partial charge in [0.1, 0.15) is 11.5 Å². The van der Waals surface area contributed by atoms with Gasteiger partial charge < -0.3 is 21.7 Å². The quantitative estimate of drug-likeness (QED) is 0.419. The summed E-state index contributed by atoms with van der Waals surface area (Å²) in [6.07, 6.45) is 2.69. The van der Waals surface area contributed by atoms with Crippen molar-refractivity contribution in [3.63, 3.8) is 0 Å². The van der Waals surface area contributed by atoms with Gasteiger partial charge in [0.2, 0.25) is 0 Å². The van der Waals surface area contributed by atoms with Gasteiger partial charge in [0.05, 0.1) is 23.0 Å². The maximum Gasteiger partial charge on any atom is 0.177 e. The zero-order chi connectivity index (χ0) is 15.5. The molecule has 1 aromatic carbocycles. The average molecular weight is 286 g/mol. The lowest BCUT2D eigenvalue weighted by Gasteiger charge is -2.33. The van der Waals surface area contributed by atoms with E-state index in [0.717, 1.165) is 0 Å². The number of Topliss-reactive ketones (excluding diaryl/α,β-unsaturated/α-hetero) is 2. The number of rotatable bonds is 0. The molecule has 0 bridgehead atoms. The number of hydrogen-bond donors (Lipinski definition) is 4. The van der Waals surface area contributed by atoms with E-state index in [-0.39, 0.29) is 34.0 Å². The number of phenolic OH excluding ortho intramolecular Hbond substituents is 1. The molecule has 0 amide bonds. The number of aliphatic hydroxyl groups is 1. The number of aryl methyl sites for hydroxylation is 1. The molecule has 108 valence electrons. The first-order valence-electron chi connectivity index (χ1n) is 6.41. The van der Waals surface area contributed by atoms with E-state index in [9.17, 15) is 19.8 Å². The number of fused-ring (bicyclic) bond motifs is 2. The Morgan fingerprint density at radius 2 is 1.62 bits per heavy atom. The number of aromatic hydroxyl groups is 1. The third kappa shape index (κ3) is 1.59. The zero-order valence-electron chi connectivity index (χ0n) is 11.3. The first-order valence-corrected chi connectivity index (χ1v) is 6.41. The number of carbonyl (C=O) groups is 2. The van der Waals surface area contributed by atoms with Gasteiger partial charge in [-0.3, -0.25) is 9.59 Å². The molecule has 2 atom stereocenters. The number of anilines is 1. The summed E-state index contributed by atoms with van der Waals surface area (Å²) in [7, 11) is 0. The highest BCUT2D eigenvalue weighted by Crippen LogP contribution is 2.44. The van der Waals surface area contributed by atoms with Gasteiger partial charge in [0, 0.05) is 11.4 Å². The topological polar surface area (TPSA) is 127 Å². The standard InChI is InChI=1S/C15H14N2O4/c1-5-4-7(17)10-12(13(5)19)15(21)9-6(16)2-3-8(18)11(9)14(10)20/h2-4,9,11,18-19H,16-17H2,1H3. The summed E-state index contributed by atoms with van der Waals surface area (Å²) in [5.74, 6) is -3.57. The molecule has 0 saturated heterocycles. The maximum absolute atomic E-state index is 12.7. The molecule has 6 N–H and O–H groups in total. The van der Waals surface area contributed by atoms with Crippen LogP contribution in [0.5, 0.6) is 5.75 Å².